The van der Waals surface area contributed by atoms with Gasteiger partial charge >= 0.3 is 0 Å². The van der Waals surface area contributed by atoms with Gasteiger partial charge in [-0.2, -0.15) is 0 Å². The van der Waals surface area contributed by atoms with Crippen molar-refractivity contribution < 1.29 is 0 Å². The van der Waals surface area contributed by atoms with Gasteiger partial charge in [0.25, 0.3) is 0 Å². The van der Waals surface area contributed by atoms with Crippen molar-refractivity contribution in [3.63, 3.8) is 0 Å². The van der Waals surface area contributed by atoms with E-state index in [2.05, 4.69) is 200 Å². The van der Waals surface area contributed by atoms with E-state index in [9.17, 15) is 0 Å². The zero-order chi connectivity index (χ0) is 39.1. The van der Waals surface area contributed by atoms with Crippen LogP contribution < -0.4 is 4.90 Å². The molecule has 0 radical (unpaired) electrons. The fourth-order valence-electron chi connectivity index (χ4n) is 11.0. The van der Waals surface area contributed by atoms with E-state index in [0.29, 0.717) is 5.92 Å². The first-order chi connectivity index (χ1) is 29.1. The zero-order valence-electron chi connectivity index (χ0n) is 33.5. The normalized spacial score (nSPS) is 16.9. The van der Waals surface area contributed by atoms with Crippen LogP contribution in [0.5, 0.6) is 0 Å². The Hall–Kier alpha value is -6.70. The summed E-state index contributed by atoms with van der Waals surface area (Å²) in [5.41, 5.74) is 18.8. The molecule has 0 amide bonds. The lowest BCUT2D eigenvalue weighted by molar-refractivity contribution is 0.443. The van der Waals surface area contributed by atoms with Crippen molar-refractivity contribution in [2.75, 3.05) is 4.90 Å². The largest absolute Gasteiger partial charge is 0.309 e. The predicted molar refractivity (Wildman–Crippen MR) is 249 cm³/mol. The fourth-order valence-corrected chi connectivity index (χ4v) is 11.0. The molecule has 1 nitrogen and oxygen atoms in total. The minimum Gasteiger partial charge on any atom is -0.309 e. The van der Waals surface area contributed by atoms with Crippen LogP contribution in [0.25, 0.3) is 66.1 Å². The molecule has 1 heterocycles. The Kier molecular flexibility index (Phi) is 7.82. The van der Waals surface area contributed by atoms with Crippen LogP contribution in [0, 0.1) is 0 Å². The molecule has 0 spiro atoms. The van der Waals surface area contributed by atoms with E-state index >= 15 is 0 Å². The standard InChI is InChI=1S/C58H45N/c1-58-45-19-11-18-44(35-45)53-36-43(40-27-25-39(26-28-40)38-13-3-2-4-14-38)30-34-56(53)59(46-31-33-51(55(58)37-46)50-22-9-10-24-54(50)58)57-48-21-8-6-16-42(48)29-32-52(57)49-23-12-17-41-15-5-7-20-47(41)49/h5-12,15-38H,2-4,13-14H2,1H3. The molecule has 3 aliphatic rings. The summed E-state index contributed by atoms with van der Waals surface area (Å²) in [6.07, 6.45) is 6.69. The molecule has 282 valence electrons. The first-order valence-electron chi connectivity index (χ1n) is 21.5. The molecular weight excluding hydrogens is 711 g/mol. The Bertz CT molecular complexity index is 3100. The lowest BCUT2D eigenvalue weighted by Crippen LogP contribution is -2.23. The quantitative estimate of drug-likeness (QED) is 0.173. The van der Waals surface area contributed by atoms with Crippen molar-refractivity contribution >= 4 is 38.6 Å². The van der Waals surface area contributed by atoms with Gasteiger partial charge in [0.15, 0.2) is 0 Å². The molecule has 1 atom stereocenters. The molecule has 9 aromatic carbocycles. The number of fused-ring (bicyclic) bond motifs is 11. The first kappa shape index (κ1) is 34.4. The van der Waals surface area contributed by atoms with Crippen LogP contribution >= 0.6 is 0 Å². The van der Waals surface area contributed by atoms with E-state index in [1.807, 2.05) is 0 Å². The second kappa shape index (κ2) is 13.4. The molecule has 2 aliphatic carbocycles. The minimum atomic E-state index is -0.328. The number of benzene rings is 9. The molecular formula is C58H45N. The van der Waals surface area contributed by atoms with Crippen LogP contribution in [-0.4, -0.2) is 0 Å². The Labute approximate surface area is 347 Å². The van der Waals surface area contributed by atoms with Crippen molar-refractivity contribution in [1.82, 2.24) is 0 Å². The van der Waals surface area contributed by atoms with Crippen LogP contribution in [0.4, 0.5) is 17.1 Å². The van der Waals surface area contributed by atoms with Gasteiger partial charge in [0.2, 0.25) is 0 Å². The summed E-state index contributed by atoms with van der Waals surface area (Å²) < 4.78 is 0. The molecule has 9 aromatic rings. The number of anilines is 3. The summed E-state index contributed by atoms with van der Waals surface area (Å²) in [6.45, 7) is 2.44. The van der Waals surface area contributed by atoms with Gasteiger partial charge in [-0.1, -0.05) is 177 Å². The summed E-state index contributed by atoms with van der Waals surface area (Å²) in [6, 6.07) is 71.6. The average molecular weight is 756 g/mol. The van der Waals surface area contributed by atoms with E-state index in [1.54, 1.807) is 0 Å². The molecule has 0 saturated heterocycles. The zero-order valence-corrected chi connectivity index (χ0v) is 33.5. The molecule has 1 fully saturated rings. The molecule has 0 aromatic heterocycles. The Balaban J connectivity index is 1.16. The Morgan fingerprint density at radius 3 is 1.98 bits per heavy atom. The number of hydrogen-bond donors (Lipinski definition) is 0. The van der Waals surface area contributed by atoms with Crippen LogP contribution in [0.1, 0.15) is 67.2 Å². The molecule has 1 aliphatic heterocycles. The monoisotopic (exact) mass is 755 g/mol. The summed E-state index contributed by atoms with van der Waals surface area (Å²) in [7, 11) is 0. The summed E-state index contributed by atoms with van der Waals surface area (Å²) in [4.78, 5) is 2.59. The van der Waals surface area contributed by atoms with E-state index in [1.165, 1.54) is 132 Å². The van der Waals surface area contributed by atoms with Gasteiger partial charge in [0, 0.05) is 27.6 Å². The van der Waals surface area contributed by atoms with E-state index < -0.39 is 0 Å². The van der Waals surface area contributed by atoms with Gasteiger partial charge in [-0.25, -0.2) is 0 Å². The van der Waals surface area contributed by atoms with Gasteiger partial charge in [-0.05, 0) is 128 Å². The van der Waals surface area contributed by atoms with Crippen LogP contribution in [0.3, 0.4) is 0 Å². The van der Waals surface area contributed by atoms with Crippen molar-refractivity contribution in [3.8, 4) is 44.5 Å². The Morgan fingerprint density at radius 2 is 1.12 bits per heavy atom. The third kappa shape index (κ3) is 5.31. The molecule has 4 bridgehead atoms. The molecule has 1 heteroatoms. The second-order valence-corrected chi connectivity index (χ2v) is 17.2. The van der Waals surface area contributed by atoms with E-state index in [0.717, 1.165) is 5.69 Å². The van der Waals surface area contributed by atoms with Gasteiger partial charge < -0.3 is 4.90 Å². The van der Waals surface area contributed by atoms with Gasteiger partial charge in [0.1, 0.15) is 0 Å². The summed E-state index contributed by atoms with van der Waals surface area (Å²) >= 11 is 0. The smallest absolute Gasteiger partial charge is 0.0618 e. The van der Waals surface area contributed by atoms with Crippen LogP contribution in [0.15, 0.2) is 188 Å². The van der Waals surface area contributed by atoms with Crippen molar-refractivity contribution in [3.05, 3.63) is 210 Å². The lowest BCUT2D eigenvalue weighted by Gasteiger charge is -2.35. The molecule has 0 N–H and O–H groups in total. The topological polar surface area (TPSA) is 3.24 Å². The number of hydrogen-bond acceptors (Lipinski definition) is 1. The highest BCUT2D eigenvalue weighted by Crippen LogP contribution is 2.57. The van der Waals surface area contributed by atoms with E-state index in [-0.39, 0.29) is 5.41 Å². The lowest BCUT2D eigenvalue weighted by atomic mass is 9.73. The second-order valence-electron chi connectivity index (χ2n) is 17.2. The summed E-state index contributed by atoms with van der Waals surface area (Å²) in [5, 5.41) is 4.95. The maximum atomic E-state index is 2.59. The summed E-state index contributed by atoms with van der Waals surface area (Å²) in [5.74, 6) is 0.688. The maximum Gasteiger partial charge on any atom is 0.0618 e. The highest BCUT2D eigenvalue weighted by Gasteiger charge is 2.42. The first-order valence-corrected chi connectivity index (χ1v) is 21.5. The third-order valence-corrected chi connectivity index (χ3v) is 14.1. The Morgan fingerprint density at radius 1 is 0.441 bits per heavy atom. The molecule has 1 saturated carbocycles. The number of rotatable bonds is 4. The van der Waals surface area contributed by atoms with Crippen molar-refractivity contribution in [2.45, 2.75) is 50.4 Å². The highest BCUT2D eigenvalue weighted by atomic mass is 15.1. The molecule has 59 heavy (non-hydrogen) atoms. The molecule has 12 rings (SSSR count). The van der Waals surface area contributed by atoms with Gasteiger partial charge in [0.05, 0.1) is 11.4 Å². The SMILES string of the molecule is CC12c3cccc(c3)-c3cc(-c4ccc(C5CCCCC5)cc4)ccc3N(c3c(-c4cccc5ccccc45)ccc4ccccc34)c3ccc(c1c3)-c1ccccc12. The highest BCUT2D eigenvalue weighted by molar-refractivity contribution is 6.11. The van der Waals surface area contributed by atoms with Crippen LogP contribution in [-0.2, 0) is 5.41 Å². The fraction of sp³-hybridized carbons (Fsp3) is 0.138. The van der Waals surface area contributed by atoms with Gasteiger partial charge in [-0.15, -0.1) is 0 Å². The predicted octanol–water partition coefficient (Wildman–Crippen LogP) is 16.2. The van der Waals surface area contributed by atoms with Crippen LogP contribution in [0.2, 0.25) is 0 Å². The maximum absolute atomic E-state index is 2.59. The minimum absolute atomic E-state index is 0.328. The van der Waals surface area contributed by atoms with Crippen molar-refractivity contribution in [1.29, 1.82) is 0 Å². The van der Waals surface area contributed by atoms with Gasteiger partial charge in [-0.3, -0.25) is 0 Å². The van der Waals surface area contributed by atoms with E-state index in [4.69, 9.17) is 0 Å². The average Bonchev–Trinajstić information content (AvgIpc) is 3.57. The number of nitrogens with zero attached hydrogens (tertiary/aromatic N) is 1. The third-order valence-electron chi connectivity index (χ3n) is 14.1. The molecule has 1 unspecified atom stereocenters. The van der Waals surface area contributed by atoms with Crippen molar-refractivity contribution in [2.24, 2.45) is 0 Å².